The Morgan fingerprint density at radius 2 is 1.89 bits per heavy atom. The number of nitrogens with one attached hydrogen (secondary N) is 1. The quantitative estimate of drug-likeness (QED) is 0.822. The van der Waals surface area contributed by atoms with E-state index in [2.05, 4.69) is 35.9 Å². The summed E-state index contributed by atoms with van der Waals surface area (Å²) >= 11 is 0. The lowest BCUT2D eigenvalue weighted by molar-refractivity contribution is 0.0820. The molecule has 0 bridgehead atoms. The van der Waals surface area contributed by atoms with Gasteiger partial charge in [0.15, 0.2) is 0 Å². The van der Waals surface area contributed by atoms with Crippen LogP contribution >= 0.6 is 0 Å². The van der Waals surface area contributed by atoms with Crippen molar-refractivity contribution >= 4 is 0 Å². The number of nitrogens with zero attached hydrogens (tertiary/aromatic N) is 2. The zero-order valence-electron chi connectivity index (χ0n) is 12.5. The van der Waals surface area contributed by atoms with Gasteiger partial charge in [-0.3, -0.25) is 4.90 Å². The molecule has 1 atom stereocenters. The number of piperidine rings is 1. The van der Waals surface area contributed by atoms with Gasteiger partial charge in [0.2, 0.25) is 0 Å². The summed E-state index contributed by atoms with van der Waals surface area (Å²) in [6, 6.07) is 0.753. The van der Waals surface area contributed by atoms with Gasteiger partial charge >= 0.3 is 0 Å². The Hall–Kier alpha value is -0.120. The molecule has 0 aromatic rings. The Balaban J connectivity index is 1.80. The topological polar surface area (TPSA) is 18.5 Å². The molecular weight excluding hydrogens is 222 g/mol. The Labute approximate surface area is 113 Å². The average molecular weight is 253 g/mol. The van der Waals surface area contributed by atoms with Crippen LogP contribution in [0.15, 0.2) is 0 Å². The largest absolute Gasteiger partial charge is 0.314 e. The van der Waals surface area contributed by atoms with Crippen molar-refractivity contribution in [3.63, 3.8) is 0 Å². The molecule has 3 nitrogen and oxygen atoms in total. The van der Waals surface area contributed by atoms with Crippen LogP contribution in [0, 0.1) is 11.8 Å². The Morgan fingerprint density at radius 1 is 1.17 bits per heavy atom. The van der Waals surface area contributed by atoms with Crippen molar-refractivity contribution in [3.05, 3.63) is 0 Å². The lowest BCUT2D eigenvalue weighted by Crippen LogP contribution is -2.55. The summed E-state index contributed by atoms with van der Waals surface area (Å²) in [5, 5.41) is 3.55. The Kier molecular flexibility index (Phi) is 5.46. The first-order valence-electron chi connectivity index (χ1n) is 7.87. The van der Waals surface area contributed by atoms with Gasteiger partial charge in [0.1, 0.15) is 0 Å². The van der Waals surface area contributed by atoms with Crippen LogP contribution in [0.2, 0.25) is 0 Å². The van der Waals surface area contributed by atoms with Gasteiger partial charge in [-0.25, -0.2) is 0 Å². The normalized spacial score (nSPS) is 29.0. The molecule has 1 unspecified atom stereocenters. The maximum absolute atomic E-state index is 3.55. The average Bonchev–Trinajstić information content (AvgIpc) is 2.40. The van der Waals surface area contributed by atoms with Crippen LogP contribution in [0.1, 0.15) is 33.6 Å². The zero-order valence-corrected chi connectivity index (χ0v) is 12.5. The van der Waals surface area contributed by atoms with Crippen molar-refractivity contribution in [2.45, 2.75) is 39.7 Å². The molecule has 0 radical (unpaired) electrons. The minimum Gasteiger partial charge on any atom is -0.314 e. The molecule has 2 aliphatic heterocycles. The predicted octanol–water partition coefficient (Wildman–Crippen LogP) is 1.65. The van der Waals surface area contributed by atoms with Crippen molar-refractivity contribution in [2.75, 3.05) is 45.8 Å². The van der Waals surface area contributed by atoms with Crippen molar-refractivity contribution in [1.82, 2.24) is 15.1 Å². The standard InChI is InChI=1S/C15H31N3/c1-4-17-8-5-14(6-9-17)12-18-10-7-16-11-15(18)13(2)3/h13-16H,4-12H2,1-3H3. The first-order chi connectivity index (χ1) is 8.70. The minimum atomic E-state index is 0.753. The molecule has 0 aliphatic carbocycles. The number of hydrogen-bond donors (Lipinski definition) is 1. The molecule has 2 aliphatic rings. The molecule has 3 heteroatoms. The van der Waals surface area contributed by atoms with E-state index in [1.54, 1.807) is 0 Å². The van der Waals surface area contributed by atoms with Gasteiger partial charge < -0.3 is 10.2 Å². The van der Waals surface area contributed by atoms with Crippen LogP contribution in [-0.2, 0) is 0 Å². The van der Waals surface area contributed by atoms with Gasteiger partial charge in [-0.05, 0) is 44.3 Å². The van der Waals surface area contributed by atoms with E-state index in [1.165, 1.54) is 58.7 Å². The maximum Gasteiger partial charge on any atom is 0.0244 e. The summed E-state index contributed by atoms with van der Waals surface area (Å²) in [7, 11) is 0. The Bertz CT molecular complexity index is 234. The highest BCUT2D eigenvalue weighted by Crippen LogP contribution is 2.21. The SMILES string of the molecule is CCN1CCC(CN2CCNCC2C(C)C)CC1. The van der Waals surface area contributed by atoms with E-state index in [1.807, 2.05) is 0 Å². The Morgan fingerprint density at radius 3 is 2.50 bits per heavy atom. The van der Waals surface area contributed by atoms with Crippen molar-refractivity contribution in [1.29, 1.82) is 0 Å². The lowest BCUT2D eigenvalue weighted by Gasteiger charge is -2.42. The monoisotopic (exact) mass is 253 g/mol. The molecule has 0 saturated carbocycles. The maximum atomic E-state index is 3.55. The molecular formula is C15H31N3. The highest BCUT2D eigenvalue weighted by molar-refractivity contribution is 4.84. The summed E-state index contributed by atoms with van der Waals surface area (Å²) in [6.45, 7) is 15.8. The molecule has 0 aromatic heterocycles. The van der Waals surface area contributed by atoms with E-state index in [-0.39, 0.29) is 0 Å². The summed E-state index contributed by atoms with van der Waals surface area (Å²) in [6.07, 6.45) is 2.81. The third-order valence-electron chi connectivity index (χ3n) is 4.81. The molecule has 2 saturated heterocycles. The lowest BCUT2D eigenvalue weighted by atomic mass is 9.93. The van der Waals surface area contributed by atoms with Gasteiger partial charge in [0, 0.05) is 32.2 Å². The van der Waals surface area contributed by atoms with E-state index < -0.39 is 0 Å². The first-order valence-corrected chi connectivity index (χ1v) is 7.87. The summed E-state index contributed by atoms with van der Waals surface area (Å²) in [4.78, 5) is 5.35. The van der Waals surface area contributed by atoms with Gasteiger partial charge in [-0.15, -0.1) is 0 Å². The molecule has 2 fully saturated rings. The highest BCUT2D eigenvalue weighted by Gasteiger charge is 2.28. The van der Waals surface area contributed by atoms with Crippen LogP contribution in [0.4, 0.5) is 0 Å². The fourth-order valence-electron chi connectivity index (χ4n) is 3.47. The molecule has 0 aromatic carbocycles. The summed E-state index contributed by atoms with van der Waals surface area (Å²) in [5.41, 5.74) is 0. The molecule has 0 amide bonds. The van der Waals surface area contributed by atoms with Crippen LogP contribution < -0.4 is 5.32 Å². The van der Waals surface area contributed by atoms with E-state index in [0.29, 0.717) is 0 Å². The molecule has 106 valence electrons. The third kappa shape index (κ3) is 3.69. The van der Waals surface area contributed by atoms with Gasteiger partial charge in [-0.1, -0.05) is 20.8 Å². The van der Waals surface area contributed by atoms with Gasteiger partial charge in [-0.2, -0.15) is 0 Å². The van der Waals surface area contributed by atoms with E-state index >= 15 is 0 Å². The van der Waals surface area contributed by atoms with Crippen LogP contribution in [0.25, 0.3) is 0 Å². The number of rotatable bonds is 4. The third-order valence-corrected chi connectivity index (χ3v) is 4.81. The first kappa shape index (κ1) is 14.3. The fraction of sp³-hybridized carbons (Fsp3) is 1.00. The second kappa shape index (κ2) is 6.88. The second-order valence-electron chi connectivity index (χ2n) is 6.39. The number of piperazine rings is 1. The van der Waals surface area contributed by atoms with E-state index in [0.717, 1.165) is 17.9 Å². The van der Waals surface area contributed by atoms with E-state index in [4.69, 9.17) is 0 Å². The smallest absolute Gasteiger partial charge is 0.0244 e. The van der Waals surface area contributed by atoms with Crippen molar-refractivity contribution < 1.29 is 0 Å². The fourth-order valence-corrected chi connectivity index (χ4v) is 3.47. The van der Waals surface area contributed by atoms with Crippen LogP contribution in [0.5, 0.6) is 0 Å². The summed E-state index contributed by atoms with van der Waals surface area (Å²) < 4.78 is 0. The molecule has 1 N–H and O–H groups in total. The predicted molar refractivity (Wildman–Crippen MR) is 77.9 cm³/mol. The van der Waals surface area contributed by atoms with Gasteiger partial charge in [0.05, 0.1) is 0 Å². The number of hydrogen-bond acceptors (Lipinski definition) is 3. The molecule has 2 rings (SSSR count). The van der Waals surface area contributed by atoms with Crippen molar-refractivity contribution in [3.8, 4) is 0 Å². The highest BCUT2D eigenvalue weighted by atomic mass is 15.2. The van der Waals surface area contributed by atoms with Gasteiger partial charge in [0.25, 0.3) is 0 Å². The minimum absolute atomic E-state index is 0.753. The molecule has 0 spiro atoms. The summed E-state index contributed by atoms with van der Waals surface area (Å²) in [5.74, 6) is 1.71. The number of likely N-dealkylation sites (tertiary alicyclic amines) is 1. The molecule has 2 heterocycles. The van der Waals surface area contributed by atoms with Crippen LogP contribution in [-0.4, -0.2) is 61.7 Å². The van der Waals surface area contributed by atoms with Crippen LogP contribution in [0.3, 0.4) is 0 Å². The van der Waals surface area contributed by atoms with E-state index in [9.17, 15) is 0 Å². The second-order valence-corrected chi connectivity index (χ2v) is 6.39. The van der Waals surface area contributed by atoms with Crippen molar-refractivity contribution in [2.24, 2.45) is 11.8 Å². The molecule has 18 heavy (non-hydrogen) atoms. The zero-order chi connectivity index (χ0) is 13.0.